The van der Waals surface area contributed by atoms with E-state index in [4.69, 9.17) is 10.2 Å². The summed E-state index contributed by atoms with van der Waals surface area (Å²) in [4.78, 5) is 2.69. The van der Waals surface area contributed by atoms with Gasteiger partial charge in [0, 0.05) is 18.1 Å². The monoisotopic (exact) mass is 276 g/mol. The van der Waals surface area contributed by atoms with Crippen LogP contribution < -0.4 is 5.73 Å². The first-order valence-corrected chi connectivity index (χ1v) is 8.26. The molecule has 2 saturated carbocycles. The minimum absolute atomic E-state index is 0.215. The van der Waals surface area contributed by atoms with Gasteiger partial charge in [-0.3, -0.25) is 4.90 Å². The van der Waals surface area contributed by atoms with Crippen LogP contribution in [-0.2, 0) is 6.54 Å². The summed E-state index contributed by atoms with van der Waals surface area (Å²) in [6.45, 7) is 4.05. The molecule has 3 rings (SSSR count). The van der Waals surface area contributed by atoms with E-state index in [-0.39, 0.29) is 5.54 Å². The molecule has 0 aromatic carbocycles. The van der Waals surface area contributed by atoms with E-state index < -0.39 is 0 Å². The average molecular weight is 276 g/mol. The first-order valence-electron chi connectivity index (χ1n) is 8.26. The van der Waals surface area contributed by atoms with Crippen molar-refractivity contribution in [1.82, 2.24) is 4.90 Å². The second-order valence-electron chi connectivity index (χ2n) is 6.74. The van der Waals surface area contributed by atoms with Gasteiger partial charge in [0.15, 0.2) is 0 Å². The van der Waals surface area contributed by atoms with Gasteiger partial charge in [0.1, 0.15) is 5.76 Å². The molecule has 0 spiro atoms. The largest absolute Gasteiger partial charge is 0.468 e. The van der Waals surface area contributed by atoms with E-state index in [0.29, 0.717) is 0 Å². The van der Waals surface area contributed by atoms with E-state index in [9.17, 15) is 0 Å². The molecule has 112 valence electrons. The molecule has 0 amide bonds. The predicted octanol–water partition coefficient (Wildman–Crippen LogP) is 3.54. The van der Waals surface area contributed by atoms with Crippen LogP contribution in [0.25, 0.3) is 0 Å². The molecular formula is C17H28N2O. The molecule has 2 fully saturated rings. The summed E-state index contributed by atoms with van der Waals surface area (Å²) in [5, 5.41) is 0. The van der Waals surface area contributed by atoms with Crippen molar-refractivity contribution in [3.05, 3.63) is 24.2 Å². The van der Waals surface area contributed by atoms with Crippen LogP contribution in [0.4, 0.5) is 0 Å². The molecule has 2 aliphatic carbocycles. The first kappa shape index (κ1) is 14.2. The standard InChI is InChI=1S/C17H28N2O/c1-2-14-5-3-9-17(11-14,13-18)19(15-7-8-15)12-16-6-4-10-20-16/h4,6,10,14-15H,2-3,5,7-9,11-13,18H2,1H3. The highest BCUT2D eigenvalue weighted by atomic mass is 16.3. The molecule has 3 heteroatoms. The lowest BCUT2D eigenvalue weighted by molar-refractivity contribution is 0.0163. The van der Waals surface area contributed by atoms with E-state index in [1.165, 1.54) is 44.9 Å². The van der Waals surface area contributed by atoms with Crippen molar-refractivity contribution in [3.63, 3.8) is 0 Å². The minimum Gasteiger partial charge on any atom is -0.468 e. The maximum Gasteiger partial charge on any atom is 0.117 e. The summed E-state index contributed by atoms with van der Waals surface area (Å²) in [6.07, 6.45) is 11.0. The Hall–Kier alpha value is -0.800. The van der Waals surface area contributed by atoms with Crippen LogP contribution in [0.2, 0.25) is 0 Å². The van der Waals surface area contributed by atoms with Crippen molar-refractivity contribution in [2.75, 3.05) is 6.54 Å². The van der Waals surface area contributed by atoms with Crippen molar-refractivity contribution in [3.8, 4) is 0 Å². The fourth-order valence-corrected chi connectivity index (χ4v) is 4.01. The van der Waals surface area contributed by atoms with Crippen molar-refractivity contribution in [2.24, 2.45) is 11.7 Å². The summed E-state index contributed by atoms with van der Waals surface area (Å²) in [5.74, 6) is 1.94. The van der Waals surface area contributed by atoms with Crippen LogP contribution in [0.3, 0.4) is 0 Å². The second kappa shape index (κ2) is 5.90. The summed E-state index contributed by atoms with van der Waals surface area (Å²) < 4.78 is 5.59. The molecule has 2 unspecified atom stereocenters. The van der Waals surface area contributed by atoms with Gasteiger partial charge in [-0.25, -0.2) is 0 Å². The molecule has 0 radical (unpaired) electrons. The molecule has 3 nitrogen and oxygen atoms in total. The molecule has 0 saturated heterocycles. The van der Waals surface area contributed by atoms with Crippen molar-refractivity contribution in [1.29, 1.82) is 0 Å². The van der Waals surface area contributed by atoms with Gasteiger partial charge < -0.3 is 10.2 Å². The third-order valence-corrected chi connectivity index (χ3v) is 5.38. The van der Waals surface area contributed by atoms with Crippen LogP contribution in [0.5, 0.6) is 0 Å². The molecule has 0 bridgehead atoms. The van der Waals surface area contributed by atoms with Gasteiger partial charge in [-0.15, -0.1) is 0 Å². The van der Waals surface area contributed by atoms with Crippen molar-refractivity contribution >= 4 is 0 Å². The highest BCUT2D eigenvalue weighted by Gasteiger charge is 2.45. The maximum absolute atomic E-state index is 6.28. The van der Waals surface area contributed by atoms with Crippen LogP contribution in [0.1, 0.15) is 57.6 Å². The lowest BCUT2D eigenvalue weighted by atomic mass is 9.73. The van der Waals surface area contributed by atoms with Crippen LogP contribution in [0, 0.1) is 5.92 Å². The molecule has 1 aromatic heterocycles. The Balaban J connectivity index is 1.79. The lowest BCUT2D eigenvalue weighted by Crippen LogP contribution is -2.56. The third kappa shape index (κ3) is 2.79. The highest BCUT2D eigenvalue weighted by Crippen LogP contribution is 2.43. The molecular weight excluding hydrogens is 248 g/mol. The highest BCUT2D eigenvalue weighted by molar-refractivity contribution is 5.06. The van der Waals surface area contributed by atoms with Crippen LogP contribution >= 0.6 is 0 Å². The average Bonchev–Trinajstić information content (AvgIpc) is 3.20. The number of nitrogens with two attached hydrogens (primary N) is 1. The van der Waals surface area contributed by atoms with Crippen LogP contribution in [-0.4, -0.2) is 23.0 Å². The Kier molecular flexibility index (Phi) is 4.18. The number of rotatable bonds is 6. The maximum atomic E-state index is 6.28. The normalized spacial score (nSPS) is 30.9. The van der Waals surface area contributed by atoms with Crippen molar-refractivity contribution in [2.45, 2.75) is 70.0 Å². The number of hydrogen-bond donors (Lipinski definition) is 1. The predicted molar refractivity (Wildman–Crippen MR) is 81.3 cm³/mol. The summed E-state index contributed by atoms with van der Waals surface area (Å²) in [6, 6.07) is 4.82. The van der Waals surface area contributed by atoms with Gasteiger partial charge >= 0.3 is 0 Å². The van der Waals surface area contributed by atoms with Gasteiger partial charge in [-0.05, 0) is 43.7 Å². The fourth-order valence-electron chi connectivity index (χ4n) is 4.01. The smallest absolute Gasteiger partial charge is 0.117 e. The van der Waals surface area contributed by atoms with Gasteiger partial charge in [-0.1, -0.05) is 26.2 Å². The molecule has 2 atom stereocenters. The van der Waals surface area contributed by atoms with E-state index >= 15 is 0 Å². The zero-order chi connectivity index (χ0) is 14.0. The van der Waals surface area contributed by atoms with Gasteiger partial charge in [-0.2, -0.15) is 0 Å². The van der Waals surface area contributed by atoms with E-state index in [0.717, 1.165) is 30.8 Å². The summed E-state index contributed by atoms with van der Waals surface area (Å²) in [7, 11) is 0. The summed E-state index contributed by atoms with van der Waals surface area (Å²) in [5.41, 5.74) is 6.49. The Bertz CT molecular complexity index is 413. The Morgan fingerprint density at radius 2 is 2.25 bits per heavy atom. The lowest BCUT2D eigenvalue weighted by Gasteiger charge is -2.48. The van der Waals surface area contributed by atoms with Crippen molar-refractivity contribution < 1.29 is 4.42 Å². The Morgan fingerprint density at radius 3 is 2.85 bits per heavy atom. The minimum atomic E-state index is 0.215. The molecule has 0 aliphatic heterocycles. The topological polar surface area (TPSA) is 42.4 Å². The first-order chi connectivity index (χ1) is 9.77. The number of nitrogens with zero attached hydrogens (tertiary/aromatic N) is 1. The fraction of sp³-hybridized carbons (Fsp3) is 0.765. The molecule has 1 heterocycles. The third-order valence-electron chi connectivity index (χ3n) is 5.38. The molecule has 2 aliphatic rings. The molecule has 20 heavy (non-hydrogen) atoms. The van der Waals surface area contributed by atoms with Gasteiger partial charge in [0.2, 0.25) is 0 Å². The zero-order valence-electron chi connectivity index (χ0n) is 12.7. The van der Waals surface area contributed by atoms with E-state index in [1.807, 2.05) is 6.07 Å². The van der Waals surface area contributed by atoms with Crippen LogP contribution in [0.15, 0.2) is 22.8 Å². The van der Waals surface area contributed by atoms with Gasteiger partial charge in [0.25, 0.3) is 0 Å². The van der Waals surface area contributed by atoms with Gasteiger partial charge in [0.05, 0.1) is 12.8 Å². The molecule has 2 N–H and O–H groups in total. The van der Waals surface area contributed by atoms with E-state index in [1.54, 1.807) is 6.26 Å². The van der Waals surface area contributed by atoms with E-state index in [2.05, 4.69) is 17.9 Å². The molecule has 1 aromatic rings. The second-order valence-corrected chi connectivity index (χ2v) is 6.74. The Labute approximate surface area is 122 Å². The summed E-state index contributed by atoms with van der Waals surface area (Å²) >= 11 is 0. The SMILES string of the molecule is CCC1CCCC(CN)(N(Cc2ccco2)C2CC2)C1. The quantitative estimate of drug-likeness (QED) is 0.864. The number of hydrogen-bond acceptors (Lipinski definition) is 3. The zero-order valence-corrected chi connectivity index (χ0v) is 12.7. The Morgan fingerprint density at radius 1 is 1.40 bits per heavy atom. The number of furan rings is 1.